The quantitative estimate of drug-likeness (QED) is 0.872. The van der Waals surface area contributed by atoms with Crippen LogP contribution in [0.15, 0.2) is 41.3 Å². The van der Waals surface area contributed by atoms with Crippen LogP contribution in [0.3, 0.4) is 0 Å². The molecule has 0 atom stereocenters. The lowest BCUT2D eigenvalue weighted by molar-refractivity contribution is 0.210. The molecule has 0 radical (unpaired) electrons. The lowest BCUT2D eigenvalue weighted by atomic mass is 10.1. The third kappa shape index (κ3) is 2.60. The van der Waals surface area contributed by atoms with Crippen LogP contribution in [0.5, 0.6) is 0 Å². The Morgan fingerprint density at radius 2 is 1.72 bits per heavy atom. The Kier molecular flexibility index (Phi) is 2.96. The molecular weight excluding hydrogens is 254 g/mol. The summed E-state index contributed by atoms with van der Waals surface area (Å²) >= 11 is 0. The molecule has 0 aromatic heterocycles. The zero-order valence-electron chi connectivity index (χ0n) is 9.54. The maximum Gasteiger partial charge on any atom is 0.409 e. The highest BCUT2D eigenvalue weighted by Crippen LogP contribution is 2.22. The number of carbonyl (C=O) groups is 1. The minimum Gasteiger partial charge on any atom is -0.465 e. The molecule has 0 aliphatic heterocycles. The second-order valence-corrected chi connectivity index (χ2v) is 5.94. The highest BCUT2D eigenvalue weighted by Gasteiger charge is 2.08. The molecule has 0 heterocycles. The van der Waals surface area contributed by atoms with Gasteiger partial charge in [-0.05, 0) is 35.0 Å². The first-order valence-electron chi connectivity index (χ1n) is 5.10. The topological polar surface area (TPSA) is 83.5 Å². The molecule has 0 aliphatic carbocycles. The van der Waals surface area contributed by atoms with Gasteiger partial charge in [0.1, 0.15) is 0 Å². The predicted molar refractivity (Wildman–Crippen MR) is 68.7 cm³/mol. The van der Waals surface area contributed by atoms with Crippen LogP contribution in [-0.4, -0.2) is 25.9 Å². The van der Waals surface area contributed by atoms with Gasteiger partial charge in [-0.25, -0.2) is 13.2 Å². The lowest BCUT2D eigenvalue weighted by Crippen LogP contribution is -2.06. The SMILES string of the molecule is CS(=O)(=O)c1ccc2cc(NC(=O)O)ccc2c1. The maximum absolute atomic E-state index is 11.4. The number of rotatable bonds is 2. The van der Waals surface area contributed by atoms with Crippen molar-refractivity contribution in [1.82, 2.24) is 0 Å². The van der Waals surface area contributed by atoms with Crippen LogP contribution in [0.2, 0.25) is 0 Å². The van der Waals surface area contributed by atoms with E-state index in [9.17, 15) is 13.2 Å². The summed E-state index contributed by atoms with van der Waals surface area (Å²) in [6.45, 7) is 0. The van der Waals surface area contributed by atoms with Gasteiger partial charge in [0.25, 0.3) is 0 Å². The Morgan fingerprint density at radius 3 is 2.33 bits per heavy atom. The van der Waals surface area contributed by atoms with E-state index in [2.05, 4.69) is 5.32 Å². The molecule has 0 bridgehead atoms. The number of hydrogen-bond acceptors (Lipinski definition) is 3. The van der Waals surface area contributed by atoms with Gasteiger partial charge in [-0.1, -0.05) is 12.1 Å². The van der Waals surface area contributed by atoms with Crippen LogP contribution in [0.4, 0.5) is 10.5 Å². The summed E-state index contributed by atoms with van der Waals surface area (Å²) in [5, 5.41) is 12.4. The van der Waals surface area contributed by atoms with Gasteiger partial charge in [0.2, 0.25) is 0 Å². The largest absolute Gasteiger partial charge is 0.465 e. The molecule has 18 heavy (non-hydrogen) atoms. The van der Waals surface area contributed by atoms with Crippen LogP contribution < -0.4 is 5.32 Å². The standard InChI is InChI=1S/C12H11NO4S/c1-18(16,17)11-5-3-8-6-10(13-12(14)15)4-2-9(8)7-11/h2-7,13H,1H3,(H,14,15). The number of benzene rings is 2. The Hall–Kier alpha value is -2.08. The number of fused-ring (bicyclic) bond motifs is 1. The molecule has 1 amide bonds. The molecule has 94 valence electrons. The lowest BCUT2D eigenvalue weighted by Gasteiger charge is -2.05. The molecule has 2 rings (SSSR count). The maximum atomic E-state index is 11.4. The number of carboxylic acid groups (broad SMARTS) is 1. The number of nitrogens with one attached hydrogen (secondary N) is 1. The minimum absolute atomic E-state index is 0.244. The first kappa shape index (κ1) is 12.4. The fourth-order valence-electron chi connectivity index (χ4n) is 1.66. The third-order valence-corrected chi connectivity index (χ3v) is 3.60. The Bertz CT molecular complexity index is 722. The zero-order chi connectivity index (χ0) is 13.3. The van der Waals surface area contributed by atoms with Crippen molar-refractivity contribution in [2.45, 2.75) is 4.90 Å². The van der Waals surface area contributed by atoms with E-state index in [-0.39, 0.29) is 4.90 Å². The molecular formula is C12H11NO4S. The first-order chi connectivity index (χ1) is 8.36. The zero-order valence-corrected chi connectivity index (χ0v) is 10.4. The van der Waals surface area contributed by atoms with Crippen LogP contribution in [0.1, 0.15) is 0 Å². The monoisotopic (exact) mass is 265 g/mol. The van der Waals surface area contributed by atoms with Crippen molar-refractivity contribution in [1.29, 1.82) is 0 Å². The van der Waals surface area contributed by atoms with Crippen molar-refractivity contribution < 1.29 is 18.3 Å². The molecule has 0 aliphatic rings. The Balaban J connectivity index is 2.52. The first-order valence-corrected chi connectivity index (χ1v) is 6.99. The van der Waals surface area contributed by atoms with Gasteiger partial charge in [-0.3, -0.25) is 5.32 Å². The second-order valence-electron chi connectivity index (χ2n) is 3.93. The highest BCUT2D eigenvalue weighted by atomic mass is 32.2. The molecule has 0 saturated carbocycles. The van der Waals surface area contributed by atoms with Gasteiger partial charge in [0, 0.05) is 11.9 Å². The molecule has 0 fully saturated rings. The van der Waals surface area contributed by atoms with E-state index in [4.69, 9.17) is 5.11 Å². The average molecular weight is 265 g/mol. The molecule has 0 unspecified atom stereocenters. The van der Waals surface area contributed by atoms with Gasteiger partial charge < -0.3 is 5.11 Å². The summed E-state index contributed by atoms with van der Waals surface area (Å²) in [4.78, 5) is 10.7. The molecule has 6 heteroatoms. The summed E-state index contributed by atoms with van der Waals surface area (Å²) in [5.41, 5.74) is 0.446. The molecule has 5 nitrogen and oxygen atoms in total. The summed E-state index contributed by atoms with van der Waals surface area (Å²) in [6, 6.07) is 9.63. The van der Waals surface area contributed by atoms with Crippen molar-refractivity contribution in [3.8, 4) is 0 Å². The van der Waals surface area contributed by atoms with E-state index in [0.29, 0.717) is 5.69 Å². The average Bonchev–Trinajstić information content (AvgIpc) is 2.26. The molecule has 0 spiro atoms. The van der Waals surface area contributed by atoms with E-state index >= 15 is 0 Å². The van der Waals surface area contributed by atoms with Crippen LogP contribution in [-0.2, 0) is 9.84 Å². The van der Waals surface area contributed by atoms with Crippen molar-refractivity contribution >= 4 is 32.4 Å². The molecule has 2 N–H and O–H groups in total. The van der Waals surface area contributed by atoms with Crippen LogP contribution in [0.25, 0.3) is 10.8 Å². The number of amides is 1. The van der Waals surface area contributed by atoms with Gasteiger partial charge in [-0.15, -0.1) is 0 Å². The second kappa shape index (κ2) is 4.30. The van der Waals surface area contributed by atoms with Crippen molar-refractivity contribution in [3.05, 3.63) is 36.4 Å². The van der Waals surface area contributed by atoms with E-state index in [1.165, 1.54) is 6.07 Å². The van der Waals surface area contributed by atoms with Gasteiger partial charge >= 0.3 is 6.09 Å². The number of hydrogen-bond donors (Lipinski definition) is 2. The van der Waals surface area contributed by atoms with Crippen molar-refractivity contribution in [2.75, 3.05) is 11.6 Å². The van der Waals surface area contributed by atoms with Crippen molar-refractivity contribution in [2.24, 2.45) is 0 Å². The summed E-state index contributed by atoms with van der Waals surface area (Å²) in [6.07, 6.45) is 0.0104. The van der Waals surface area contributed by atoms with Gasteiger partial charge in [-0.2, -0.15) is 0 Å². The van der Waals surface area contributed by atoms with Crippen LogP contribution in [0, 0.1) is 0 Å². The summed E-state index contributed by atoms with van der Waals surface area (Å²) in [5.74, 6) is 0. The fraction of sp³-hybridized carbons (Fsp3) is 0.0833. The highest BCUT2D eigenvalue weighted by molar-refractivity contribution is 7.90. The van der Waals surface area contributed by atoms with Crippen molar-refractivity contribution in [3.63, 3.8) is 0 Å². The smallest absolute Gasteiger partial charge is 0.409 e. The molecule has 2 aromatic rings. The predicted octanol–water partition coefficient (Wildman–Crippen LogP) is 2.33. The van der Waals surface area contributed by atoms with E-state index in [0.717, 1.165) is 17.0 Å². The normalized spacial score (nSPS) is 11.4. The third-order valence-electron chi connectivity index (χ3n) is 2.49. The minimum atomic E-state index is -3.23. The van der Waals surface area contributed by atoms with E-state index in [1.54, 1.807) is 30.3 Å². The Morgan fingerprint density at radius 1 is 1.11 bits per heavy atom. The molecule has 2 aromatic carbocycles. The van der Waals surface area contributed by atoms with Gasteiger partial charge in [0.15, 0.2) is 9.84 Å². The number of sulfone groups is 1. The molecule has 0 saturated heterocycles. The van der Waals surface area contributed by atoms with Crippen LogP contribution >= 0.6 is 0 Å². The van der Waals surface area contributed by atoms with E-state index in [1.807, 2.05) is 0 Å². The van der Waals surface area contributed by atoms with E-state index < -0.39 is 15.9 Å². The fourth-order valence-corrected chi connectivity index (χ4v) is 2.31. The summed E-state index contributed by atoms with van der Waals surface area (Å²) < 4.78 is 22.8. The Labute approximate surface area is 104 Å². The van der Waals surface area contributed by atoms with Gasteiger partial charge in [0.05, 0.1) is 4.90 Å². The summed E-state index contributed by atoms with van der Waals surface area (Å²) in [7, 11) is -3.23. The number of anilines is 1.